The molecule has 0 aromatic heterocycles. The number of ether oxygens (including phenoxy) is 1. The molecule has 0 aliphatic carbocycles. The highest BCUT2D eigenvalue weighted by atomic mass is 16.5. The van der Waals surface area contributed by atoms with E-state index in [1.807, 2.05) is 24.3 Å². The molecule has 1 saturated heterocycles. The minimum absolute atomic E-state index is 0.0187. The highest BCUT2D eigenvalue weighted by Crippen LogP contribution is 2.19. The van der Waals surface area contributed by atoms with Crippen molar-refractivity contribution in [2.24, 2.45) is 0 Å². The second kappa shape index (κ2) is 8.47. The lowest BCUT2D eigenvalue weighted by Crippen LogP contribution is -2.40. The van der Waals surface area contributed by atoms with Crippen molar-refractivity contribution in [3.05, 3.63) is 29.8 Å². The number of methoxy groups -OCH3 is 1. The van der Waals surface area contributed by atoms with Gasteiger partial charge < -0.3 is 14.7 Å². The highest BCUT2D eigenvalue weighted by Gasteiger charge is 2.33. The largest absolute Gasteiger partial charge is 0.497 e. The molecule has 6 heteroatoms. The average Bonchev–Trinajstić information content (AvgIpc) is 3.08. The van der Waals surface area contributed by atoms with E-state index in [0.29, 0.717) is 32.2 Å². The summed E-state index contributed by atoms with van der Waals surface area (Å²) >= 11 is 0. The van der Waals surface area contributed by atoms with Gasteiger partial charge in [-0.15, -0.1) is 0 Å². The normalized spacial score (nSPS) is 16.9. The van der Waals surface area contributed by atoms with Gasteiger partial charge in [-0.3, -0.25) is 9.59 Å². The van der Waals surface area contributed by atoms with Crippen molar-refractivity contribution in [2.75, 3.05) is 13.7 Å². The number of ketones is 1. The maximum Gasteiger partial charge on any atom is 0.326 e. The number of rotatable bonds is 8. The summed E-state index contributed by atoms with van der Waals surface area (Å²) in [7, 11) is 1.60. The minimum atomic E-state index is -0.966. The van der Waals surface area contributed by atoms with Gasteiger partial charge in [0.2, 0.25) is 5.91 Å². The number of aryl methyl sites for hydroxylation is 1. The van der Waals surface area contributed by atoms with Crippen LogP contribution in [0.5, 0.6) is 5.75 Å². The lowest BCUT2D eigenvalue weighted by atomic mass is 10.0. The number of amides is 1. The van der Waals surface area contributed by atoms with Crippen LogP contribution in [0.15, 0.2) is 24.3 Å². The maximum absolute atomic E-state index is 12.1. The fourth-order valence-corrected chi connectivity index (χ4v) is 2.91. The topological polar surface area (TPSA) is 83.9 Å². The fourth-order valence-electron chi connectivity index (χ4n) is 2.91. The Bertz CT molecular complexity index is 596. The summed E-state index contributed by atoms with van der Waals surface area (Å²) in [5, 5.41) is 9.09. The second-order valence-electron chi connectivity index (χ2n) is 5.97. The van der Waals surface area contributed by atoms with E-state index in [1.54, 1.807) is 7.11 Å². The predicted molar refractivity (Wildman–Crippen MR) is 87.9 cm³/mol. The predicted octanol–water partition coefficient (Wildman–Crippen LogP) is 2.05. The first-order valence-electron chi connectivity index (χ1n) is 8.18. The molecule has 1 aliphatic rings. The third-order valence-corrected chi connectivity index (χ3v) is 4.33. The number of likely N-dealkylation sites (tertiary alicyclic amines) is 1. The molecule has 1 heterocycles. The van der Waals surface area contributed by atoms with Crippen LogP contribution in [0.3, 0.4) is 0 Å². The first kappa shape index (κ1) is 18.0. The van der Waals surface area contributed by atoms with Crippen molar-refractivity contribution < 1.29 is 24.2 Å². The van der Waals surface area contributed by atoms with Crippen LogP contribution in [-0.2, 0) is 20.8 Å². The molecule has 1 aromatic rings. The molecule has 1 fully saturated rings. The van der Waals surface area contributed by atoms with Crippen LogP contribution >= 0.6 is 0 Å². The van der Waals surface area contributed by atoms with Gasteiger partial charge in [0.25, 0.3) is 0 Å². The number of Topliss-reactive ketones (excluding diaryl/α,β-unsaturated/α-hetero) is 1. The number of hydrogen-bond donors (Lipinski definition) is 1. The van der Waals surface area contributed by atoms with Crippen molar-refractivity contribution >= 4 is 17.7 Å². The van der Waals surface area contributed by atoms with Crippen LogP contribution in [0.2, 0.25) is 0 Å². The van der Waals surface area contributed by atoms with E-state index in [2.05, 4.69) is 0 Å². The van der Waals surface area contributed by atoms with Gasteiger partial charge >= 0.3 is 5.97 Å². The van der Waals surface area contributed by atoms with Crippen molar-refractivity contribution in [2.45, 2.75) is 44.6 Å². The number of carbonyl (C=O) groups excluding carboxylic acids is 2. The minimum Gasteiger partial charge on any atom is -0.497 e. The number of hydrogen-bond acceptors (Lipinski definition) is 4. The summed E-state index contributed by atoms with van der Waals surface area (Å²) in [6, 6.07) is 6.80. The van der Waals surface area contributed by atoms with Crippen LogP contribution < -0.4 is 4.74 Å². The van der Waals surface area contributed by atoms with Crippen molar-refractivity contribution in [3.8, 4) is 5.75 Å². The molecule has 0 spiro atoms. The van der Waals surface area contributed by atoms with Crippen molar-refractivity contribution in [1.29, 1.82) is 0 Å². The van der Waals surface area contributed by atoms with E-state index in [1.165, 1.54) is 4.90 Å². The summed E-state index contributed by atoms with van der Waals surface area (Å²) in [6.07, 6.45) is 2.45. The van der Waals surface area contributed by atoms with Gasteiger partial charge in [-0.2, -0.15) is 0 Å². The quantitative estimate of drug-likeness (QED) is 0.787. The zero-order valence-electron chi connectivity index (χ0n) is 13.9. The third kappa shape index (κ3) is 4.81. The first-order chi connectivity index (χ1) is 11.5. The van der Waals surface area contributed by atoms with Crippen LogP contribution in [0.4, 0.5) is 0 Å². The number of carbonyl (C=O) groups is 3. The Morgan fingerprint density at radius 2 is 1.88 bits per heavy atom. The molecule has 0 radical (unpaired) electrons. The summed E-state index contributed by atoms with van der Waals surface area (Å²) in [5.41, 5.74) is 1.04. The van der Waals surface area contributed by atoms with Crippen molar-refractivity contribution in [1.82, 2.24) is 4.90 Å². The molecular formula is C18H23NO5. The number of carboxylic acid groups (broad SMARTS) is 1. The molecule has 1 amide bonds. The number of carboxylic acids is 1. The Kier molecular flexibility index (Phi) is 6.35. The van der Waals surface area contributed by atoms with Gasteiger partial charge in [0.1, 0.15) is 17.6 Å². The molecule has 1 N–H and O–H groups in total. The number of nitrogens with zero attached hydrogens (tertiary/aromatic N) is 1. The standard InChI is InChI=1S/C18H23NO5/c1-24-15-9-5-13(6-10-15)4-7-14(20)8-11-17(21)19-12-2-3-16(19)18(22)23/h5-6,9-10,16H,2-4,7-8,11-12H2,1H3,(H,22,23)/t16-/m0/s1. The van der Waals surface area contributed by atoms with E-state index in [0.717, 1.165) is 11.3 Å². The van der Waals surface area contributed by atoms with E-state index >= 15 is 0 Å². The van der Waals surface area contributed by atoms with Crippen LogP contribution in [0.25, 0.3) is 0 Å². The van der Waals surface area contributed by atoms with Gasteiger partial charge in [0, 0.05) is 25.8 Å². The monoisotopic (exact) mass is 333 g/mol. The zero-order chi connectivity index (χ0) is 17.5. The molecular weight excluding hydrogens is 310 g/mol. The van der Waals surface area contributed by atoms with E-state index in [4.69, 9.17) is 9.84 Å². The van der Waals surface area contributed by atoms with Gasteiger partial charge in [0.05, 0.1) is 7.11 Å². The van der Waals surface area contributed by atoms with Crippen LogP contribution in [0.1, 0.15) is 37.7 Å². The Labute approximate surface area is 141 Å². The SMILES string of the molecule is COc1ccc(CCC(=O)CCC(=O)N2CCC[C@H]2C(=O)O)cc1. The average molecular weight is 333 g/mol. The highest BCUT2D eigenvalue weighted by molar-refractivity contribution is 5.88. The van der Waals surface area contributed by atoms with Gasteiger partial charge in [-0.1, -0.05) is 12.1 Å². The molecule has 0 unspecified atom stereocenters. The van der Waals surface area contributed by atoms with E-state index in [9.17, 15) is 14.4 Å². The fraction of sp³-hybridized carbons (Fsp3) is 0.500. The van der Waals surface area contributed by atoms with Gasteiger partial charge in [-0.25, -0.2) is 4.79 Å². The molecule has 24 heavy (non-hydrogen) atoms. The Balaban J connectivity index is 1.74. The Hall–Kier alpha value is -2.37. The summed E-state index contributed by atoms with van der Waals surface area (Å²) in [4.78, 5) is 36.5. The molecule has 1 aromatic carbocycles. The summed E-state index contributed by atoms with van der Waals surface area (Å²) < 4.78 is 5.08. The lowest BCUT2D eigenvalue weighted by molar-refractivity contribution is -0.148. The molecule has 2 rings (SSSR count). The molecule has 6 nitrogen and oxygen atoms in total. The van der Waals surface area contributed by atoms with Gasteiger partial charge in [0.15, 0.2) is 0 Å². The van der Waals surface area contributed by atoms with Crippen molar-refractivity contribution in [3.63, 3.8) is 0 Å². The maximum atomic E-state index is 12.1. The number of aliphatic carboxylic acids is 1. The Morgan fingerprint density at radius 1 is 1.17 bits per heavy atom. The van der Waals surface area contributed by atoms with Crippen LogP contribution in [-0.4, -0.2) is 47.4 Å². The molecule has 1 atom stereocenters. The lowest BCUT2D eigenvalue weighted by Gasteiger charge is -2.21. The second-order valence-corrected chi connectivity index (χ2v) is 5.97. The first-order valence-corrected chi connectivity index (χ1v) is 8.18. The molecule has 130 valence electrons. The molecule has 1 aliphatic heterocycles. The smallest absolute Gasteiger partial charge is 0.326 e. The third-order valence-electron chi connectivity index (χ3n) is 4.33. The van der Waals surface area contributed by atoms with Gasteiger partial charge in [-0.05, 0) is 37.0 Å². The summed E-state index contributed by atoms with van der Waals surface area (Å²) in [6.45, 7) is 0.468. The molecule has 0 bridgehead atoms. The molecule has 0 saturated carbocycles. The van der Waals surface area contributed by atoms with E-state index < -0.39 is 12.0 Å². The zero-order valence-corrected chi connectivity index (χ0v) is 13.9. The van der Waals surface area contributed by atoms with E-state index in [-0.39, 0.29) is 24.5 Å². The van der Waals surface area contributed by atoms with Crippen LogP contribution in [0, 0.1) is 0 Å². The number of benzene rings is 1. The summed E-state index contributed by atoms with van der Waals surface area (Å²) in [5.74, 6) is -0.413. The Morgan fingerprint density at radius 3 is 2.50 bits per heavy atom.